The highest BCUT2D eigenvalue weighted by Gasteiger charge is 2.02. The summed E-state index contributed by atoms with van der Waals surface area (Å²) in [5.41, 5.74) is 2.48. The first-order valence-electron chi connectivity index (χ1n) is 7.60. The molecule has 0 aliphatic rings. The standard InChI is InChI=1S/C17H25N3/c1-3-4-5-6-15(2)19-13-16-7-9-17(10-8-16)20-12-11-18-14-20/h7-12,14-15,19H,3-6,13H2,1-2H3. The molecule has 0 radical (unpaired) electrons. The van der Waals surface area contributed by atoms with Crippen LogP contribution in [-0.2, 0) is 6.54 Å². The smallest absolute Gasteiger partial charge is 0.0991 e. The van der Waals surface area contributed by atoms with Crippen molar-refractivity contribution in [2.24, 2.45) is 0 Å². The van der Waals surface area contributed by atoms with Crippen molar-refractivity contribution < 1.29 is 0 Å². The van der Waals surface area contributed by atoms with Crippen LogP contribution < -0.4 is 5.32 Å². The average Bonchev–Trinajstić information content (AvgIpc) is 3.00. The Bertz CT molecular complexity index is 473. The lowest BCUT2D eigenvalue weighted by molar-refractivity contribution is 0.487. The molecule has 3 nitrogen and oxygen atoms in total. The average molecular weight is 271 g/mol. The lowest BCUT2D eigenvalue weighted by atomic mass is 10.1. The Morgan fingerprint density at radius 3 is 2.65 bits per heavy atom. The van der Waals surface area contributed by atoms with Gasteiger partial charge in [0.2, 0.25) is 0 Å². The van der Waals surface area contributed by atoms with Crippen LogP contribution in [-0.4, -0.2) is 15.6 Å². The van der Waals surface area contributed by atoms with E-state index in [9.17, 15) is 0 Å². The van der Waals surface area contributed by atoms with Gasteiger partial charge in [0.15, 0.2) is 0 Å². The van der Waals surface area contributed by atoms with Crippen LogP contribution in [0, 0.1) is 0 Å². The summed E-state index contributed by atoms with van der Waals surface area (Å²) in [6.45, 7) is 5.47. The summed E-state index contributed by atoms with van der Waals surface area (Å²) in [5.74, 6) is 0. The van der Waals surface area contributed by atoms with Gasteiger partial charge in [-0.05, 0) is 31.0 Å². The van der Waals surface area contributed by atoms with Crippen LogP contribution in [0.1, 0.15) is 45.1 Å². The molecule has 3 heteroatoms. The van der Waals surface area contributed by atoms with Crippen molar-refractivity contribution in [3.63, 3.8) is 0 Å². The Morgan fingerprint density at radius 2 is 2.00 bits per heavy atom. The highest BCUT2D eigenvalue weighted by molar-refractivity contribution is 5.34. The molecule has 0 aliphatic heterocycles. The van der Waals surface area contributed by atoms with Crippen molar-refractivity contribution in [1.82, 2.24) is 14.9 Å². The third-order valence-corrected chi connectivity index (χ3v) is 3.63. The van der Waals surface area contributed by atoms with Gasteiger partial charge >= 0.3 is 0 Å². The Kier molecular flexibility index (Phi) is 5.81. The first-order valence-corrected chi connectivity index (χ1v) is 7.60. The molecule has 1 heterocycles. The molecular formula is C17H25N3. The Labute approximate surface area is 122 Å². The van der Waals surface area contributed by atoms with Gasteiger partial charge in [-0.3, -0.25) is 0 Å². The molecule has 1 aromatic heterocycles. The topological polar surface area (TPSA) is 29.9 Å². The number of aromatic nitrogens is 2. The number of nitrogens with zero attached hydrogens (tertiary/aromatic N) is 2. The minimum Gasteiger partial charge on any atom is -0.310 e. The number of nitrogens with one attached hydrogen (secondary N) is 1. The maximum Gasteiger partial charge on any atom is 0.0991 e. The minimum absolute atomic E-state index is 0.592. The van der Waals surface area contributed by atoms with Gasteiger partial charge in [0.25, 0.3) is 0 Å². The summed E-state index contributed by atoms with van der Waals surface area (Å²) in [5, 5.41) is 3.59. The summed E-state index contributed by atoms with van der Waals surface area (Å²) in [4.78, 5) is 4.07. The van der Waals surface area contributed by atoms with Crippen molar-refractivity contribution in [3.05, 3.63) is 48.5 Å². The normalized spacial score (nSPS) is 12.5. The van der Waals surface area contributed by atoms with Crippen molar-refractivity contribution in [2.75, 3.05) is 0 Å². The number of hydrogen-bond acceptors (Lipinski definition) is 2. The fourth-order valence-corrected chi connectivity index (χ4v) is 2.29. The second-order valence-electron chi connectivity index (χ2n) is 5.41. The van der Waals surface area contributed by atoms with E-state index >= 15 is 0 Å². The van der Waals surface area contributed by atoms with Gasteiger partial charge in [0.05, 0.1) is 6.33 Å². The predicted octanol–water partition coefficient (Wildman–Crippen LogP) is 3.93. The highest BCUT2D eigenvalue weighted by Crippen LogP contribution is 2.10. The molecule has 0 saturated heterocycles. The van der Waals surface area contributed by atoms with E-state index in [1.54, 1.807) is 6.20 Å². The van der Waals surface area contributed by atoms with Gasteiger partial charge < -0.3 is 9.88 Å². The van der Waals surface area contributed by atoms with Gasteiger partial charge in [-0.25, -0.2) is 4.98 Å². The van der Waals surface area contributed by atoms with E-state index in [1.165, 1.54) is 31.2 Å². The fraction of sp³-hybridized carbons (Fsp3) is 0.471. The molecule has 0 saturated carbocycles. The maximum atomic E-state index is 4.07. The van der Waals surface area contributed by atoms with E-state index < -0.39 is 0 Å². The van der Waals surface area contributed by atoms with Gasteiger partial charge in [0.1, 0.15) is 0 Å². The number of rotatable bonds is 8. The Hall–Kier alpha value is -1.61. The molecule has 20 heavy (non-hydrogen) atoms. The van der Waals surface area contributed by atoms with Crippen molar-refractivity contribution in [3.8, 4) is 5.69 Å². The summed E-state index contributed by atoms with van der Waals surface area (Å²) >= 11 is 0. The van der Waals surface area contributed by atoms with E-state index in [0.29, 0.717) is 6.04 Å². The van der Waals surface area contributed by atoms with Gasteiger partial charge in [-0.2, -0.15) is 0 Å². The second kappa shape index (κ2) is 7.85. The third-order valence-electron chi connectivity index (χ3n) is 3.63. The van der Waals surface area contributed by atoms with E-state index in [2.05, 4.69) is 48.4 Å². The molecule has 1 unspecified atom stereocenters. The molecular weight excluding hydrogens is 246 g/mol. The van der Waals surface area contributed by atoms with Crippen molar-refractivity contribution in [1.29, 1.82) is 0 Å². The van der Waals surface area contributed by atoms with Gasteiger partial charge in [-0.1, -0.05) is 38.3 Å². The van der Waals surface area contributed by atoms with Gasteiger partial charge in [-0.15, -0.1) is 0 Å². The van der Waals surface area contributed by atoms with Crippen LogP contribution in [0.4, 0.5) is 0 Å². The summed E-state index contributed by atoms with van der Waals surface area (Å²) in [6.07, 6.45) is 10.8. The minimum atomic E-state index is 0.592. The summed E-state index contributed by atoms with van der Waals surface area (Å²) in [6, 6.07) is 9.23. The Balaban J connectivity index is 1.79. The summed E-state index contributed by atoms with van der Waals surface area (Å²) in [7, 11) is 0. The molecule has 0 spiro atoms. The predicted molar refractivity (Wildman–Crippen MR) is 84.0 cm³/mol. The van der Waals surface area contributed by atoms with Crippen LogP contribution in [0.5, 0.6) is 0 Å². The molecule has 1 atom stereocenters. The van der Waals surface area contributed by atoms with E-state index in [4.69, 9.17) is 0 Å². The van der Waals surface area contributed by atoms with E-state index in [-0.39, 0.29) is 0 Å². The zero-order chi connectivity index (χ0) is 14.2. The summed E-state index contributed by atoms with van der Waals surface area (Å²) < 4.78 is 2.02. The van der Waals surface area contributed by atoms with Crippen LogP contribution in [0.25, 0.3) is 5.69 Å². The molecule has 1 aromatic carbocycles. The second-order valence-corrected chi connectivity index (χ2v) is 5.41. The number of hydrogen-bond donors (Lipinski definition) is 1. The van der Waals surface area contributed by atoms with Crippen LogP contribution in [0.3, 0.4) is 0 Å². The van der Waals surface area contributed by atoms with Gasteiger partial charge in [0, 0.05) is 30.7 Å². The molecule has 0 fully saturated rings. The lowest BCUT2D eigenvalue weighted by Gasteiger charge is -2.13. The number of imidazole rings is 1. The zero-order valence-electron chi connectivity index (χ0n) is 12.5. The quantitative estimate of drug-likeness (QED) is 0.737. The van der Waals surface area contributed by atoms with Crippen molar-refractivity contribution in [2.45, 2.75) is 52.1 Å². The van der Waals surface area contributed by atoms with Crippen LogP contribution in [0.15, 0.2) is 43.0 Å². The molecule has 1 N–H and O–H groups in total. The Morgan fingerprint density at radius 1 is 1.20 bits per heavy atom. The van der Waals surface area contributed by atoms with Crippen LogP contribution in [0.2, 0.25) is 0 Å². The largest absolute Gasteiger partial charge is 0.310 e. The SMILES string of the molecule is CCCCCC(C)NCc1ccc(-n2ccnc2)cc1. The molecule has 0 bridgehead atoms. The number of benzene rings is 1. The number of unbranched alkanes of at least 4 members (excludes halogenated alkanes) is 2. The molecule has 2 rings (SSSR count). The monoisotopic (exact) mass is 271 g/mol. The zero-order valence-corrected chi connectivity index (χ0v) is 12.5. The fourth-order valence-electron chi connectivity index (χ4n) is 2.29. The highest BCUT2D eigenvalue weighted by atomic mass is 15.0. The lowest BCUT2D eigenvalue weighted by Crippen LogP contribution is -2.25. The van der Waals surface area contributed by atoms with E-state index in [1.807, 2.05) is 17.1 Å². The molecule has 0 aliphatic carbocycles. The van der Waals surface area contributed by atoms with Crippen molar-refractivity contribution >= 4 is 0 Å². The van der Waals surface area contributed by atoms with Crippen LogP contribution >= 0.6 is 0 Å². The van der Waals surface area contributed by atoms with E-state index in [0.717, 1.165) is 12.2 Å². The molecule has 108 valence electrons. The first kappa shape index (κ1) is 14.8. The molecule has 2 aromatic rings. The first-order chi connectivity index (χ1) is 9.79. The third kappa shape index (κ3) is 4.49. The maximum absolute atomic E-state index is 4.07. The molecule has 0 amide bonds.